The van der Waals surface area contributed by atoms with E-state index in [1.54, 1.807) is 12.3 Å². The van der Waals surface area contributed by atoms with Crippen LogP contribution in [-0.4, -0.2) is 13.1 Å². The fourth-order valence-corrected chi connectivity index (χ4v) is 2.33. The molecule has 0 aliphatic carbocycles. The highest BCUT2D eigenvalue weighted by molar-refractivity contribution is 6.87. The van der Waals surface area contributed by atoms with Crippen LogP contribution in [0.15, 0.2) is 22.7 Å². The number of nitrogens with zero attached hydrogens (tertiary/aromatic N) is 2. The third kappa shape index (κ3) is 1.79. The number of nitriles is 1. The van der Waals surface area contributed by atoms with E-state index in [9.17, 15) is 0 Å². The van der Waals surface area contributed by atoms with Crippen molar-refractivity contribution in [3.63, 3.8) is 0 Å². The Hall–Kier alpha value is -1.60. The minimum absolute atomic E-state index is 0.541. The molecule has 2 aromatic rings. The van der Waals surface area contributed by atoms with E-state index in [0.29, 0.717) is 11.1 Å². The number of furan rings is 1. The van der Waals surface area contributed by atoms with Gasteiger partial charge in [0, 0.05) is 18.3 Å². The van der Waals surface area contributed by atoms with Crippen LogP contribution < -0.4 is 5.38 Å². The minimum atomic E-state index is -1.43. The molecule has 4 heteroatoms. The Bertz CT molecular complexity index is 546. The van der Waals surface area contributed by atoms with Gasteiger partial charge in [-0.2, -0.15) is 5.26 Å². The van der Waals surface area contributed by atoms with Crippen molar-refractivity contribution in [2.45, 2.75) is 19.6 Å². The second-order valence-electron chi connectivity index (χ2n) is 4.58. The van der Waals surface area contributed by atoms with E-state index in [1.165, 1.54) is 0 Å². The zero-order chi connectivity index (χ0) is 11.1. The summed E-state index contributed by atoms with van der Waals surface area (Å²) in [4.78, 5) is 4.19. The Balaban J connectivity index is 2.62. The molecule has 3 nitrogen and oxygen atoms in total. The zero-order valence-corrected chi connectivity index (χ0v) is 10.0. The van der Waals surface area contributed by atoms with Crippen LogP contribution in [0.1, 0.15) is 5.56 Å². The van der Waals surface area contributed by atoms with Crippen molar-refractivity contribution in [2.24, 2.45) is 0 Å². The predicted molar refractivity (Wildman–Crippen MR) is 61.7 cm³/mol. The quantitative estimate of drug-likeness (QED) is 0.687. The average molecular weight is 216 g/mol. The lowest BCUT2D eigenvalue weighted by Crippen LogP contribution is -2.36. The van der Waals surface area contributed by atoms with E-state index in [1.807, 2.05) is 6.07 Å². The highest BCUT2D eigenvalue weighted by atomic mass is 28.3. The lowest BCUT2D eigenvalue weighted by Gasteiger charge is -2.10. The molecule has 0 fully saturated rings. The molecule has 0 aliphatic rings. The first kappa shape index (κ1) is 9.93. The van der Waals surface area contributed by atoms with Gasteiger partial charge < -0.3 is 4.42 Å². The second kappa shape index (κ2) is 3.21. The fourth-order valence-electron chi connectivity index (χ4n) is 1.35. The smallest absolute Gasteiger partial charge is 0.153 e. The highest BCUT2D eigenvalue weighted by Gasteiger charge is 2.21. The summed E-state index contributed by atoms with van der Waals surface area (Å²) in [6, 6.07) is 5.79. The standard InChI is InChI=1S/C11H12N2OSi/c1-15(2,3)11-5-9-10(14-11)4-8(6-12)7-13-9/h4-5,7H,1-3H3. The van der Waals surface area contributed by atoms with Crippen molar-refractivity contribution >= 4 is 24.6 Å². The van der Waals surface area contributed by atoms with Gasteiger partial charge >= 0.3 is 0 Å². The Morgan fingerprint density at radius 2 is 2.07 bits per heavy atom. The summed E-state index contributed by atoms with van der Waals surface area (Å²) in [6.07, 6.45) is 1.58. The first-order valence-corrected chi connectivity index (χ1v) is 8.31. The number of rotatable bonds is 1. The molecule has 0 aromatic carbocycles. The molecule has 0 amide bonds. The third-order valence-electron chi connectivity index (χ3n) is 2.24. The third-order valence-corrected chi connectivity index (χ3v) is 3.96. The Labute approximate surface area is 89.4 Å². The van der Waals surface area contributed by atoms with Gasteiger partial charge in [-0.1, -0.05) is 19.6 Å². The molecule has 0 atom stereocenters. The summed E-state index contributed by atoms with van der Waals surface area (Å²) in [5.41, 5.74) is 2.09. The van der Waals surface area contributed by atoms with Crippen molar-refractivity contribution < 1.29 is 4.42 Å². The maximum atomic E-state index is 8.74. The van der Waals surface area contributed by atoms with Gasteiger partial charge in [0.25, 0.3) is 0 Å². The van der Waals surface area contributed by atoms with Crippen LogP contribution in [0.3, 0.4) is 0 Å². The van der Waals surface area contributed by atoms with Gasteiger partial charge in [0.05, 0.1) is 10.9 Å². The average Bonchev–Trinajstić information content (AvgIpc) is 2.59. The number of aromatic nitrogens is 1. The molecule has 0 spiro atoms. The monoisotopic (exact) mass is 216 g/mol. The summed E-state index contributed by atoms with van der Waals surface area (Å²) >= 11 is 0. The molecule has 0 N–H and O–H groups in total. The van der Waals surface area contributed by atoms with E-state index < -0.39 is 8.07 Å². The zero-order valence-electron chi connectivity index (χ0n) is 9.03. The minimum Gasteiger partial charge on any atom is -0.464 e. The first-order chi connectivity index (χ1) is 7.00. The van der Waals surface area contributed by atoms with Crippen molar-refractivity contribution in [3.05, 3.63) is 23.9 Å². The van der Waals surface area contributed by atoms with Crippen LogP contribution >= 0.6 is 0 Å². The van der Waals surface area contributed by atoms with Gasteiger partial charge in [-0.3, -0.25) is 4.98 Å². The van der Waals surface area contributed by atoms with Gasteiger partial charge in [-0.25, -0.2) is 0 Å². The predicted octanol–water partition coefficient (Wildman–Crippen LogP) is 2.24. The van der Waals surface area contributed by atoms with Gasteiger partial charge in [0.2, 0.25) is 0 Å². The number of hydrogen-bond donors (Lipinski definition) is 0. The molecule has 0 saturated heterocycles. The van der Waals surface area contributed by atoms with E-state index in [-0.39, 0.29) is 0 Å². The maximum Gasteiger partial charge on any atom is 0.153 e. The lowest BCUT2D eigenvalue weighted by atomic mass is 10.3. The van der Waals surface area contributed by atoms with Crippen LogP contribution in [-0.2, 0) is 0 Å². The lowest BCUT2D eigenvalue weighted by molar-refractivity contribution is 0.647. The number of fused-ring (bicyclic) bond motifs is 1. The van der Waals surface area contributed by atoms with Crippen LogP contribution in [0.2, 0.25) is 19.6 Å². The van der Waals surface area contributed by atoms with E-state index in [0.717, 1.165) is 10.9 Å². The normalized spacial score (nSPS) is 11.6. The number of hydrogen-bond acceptors (Lipinski definition) is 3. The molecule has 2 heterocycles. The molecule has 2 aromatic heterocycles. The molecule has 76 valence electrons. The maximum absolute atomic E-state index is 8.74. The highest BCUT2D eigenvalue weighted by Crippen LogP contribution is 2.15. The Morgan fingerprint density at radius 1 is 1.33 bits per heavy atom. The summed E-state index contributed by atoms with van der Waals surface area (Å²) < 4.78 is 5.72. The molecule has 0 aliphatic heterocycles. The van der Waals surface area contributed by atoms with Crippen LogP contribution in [0.25, 0.3) is 11.1 Å². The summed E-state index contributed by atoms with van der Waals surface area (Å²) in [6.45, 7) is 6.65. The second-order valence-corrected chi connectivity index (χ2v) is 9.57. The summed E-state index contributed by atoms with van der Waals surface area (Å²) in [5, 5.41) is 9.77. The van der Waals surface area contributed by atoms with E-state index in [2.05, 4.69) is 30.7 Å². The summed E-state index contributed by atoms with van der Waals surface area (Å²) in [5.74, 6) is 0. The van der Waals surface area contributed by atoms with Crippen molar-refractivity contribution in [3.8, 4) is 6.07 Å². The van der Waals surface area contributed by atoms with Crippen LogP contribution in [0.4, 0.5) is 0 Å². The largest absolute Gasteiger partial charge is 0.464 e. The van der Waals surface area contributed by atoms with Crippen molar-refractivity contribution in [1.29, 1.82) is 5.26 Å². The fraction of sp³-hybridized carbons (Fsp3) is 0.273. The SMILES string of the molecule is C[Si](C)(C)c1cc2ncc(C#N)cc2o1. The van der Waals surface area contributed by atoms with Gasteiger partial charge in [0.1, 0.15) is 19.7 Å². The van der Waals surface area contributed by atoms with E-state index >= 15 is 0 Å². The van der Waals surface area contributed by atoms with Gasteiger partial charge in [0.15, 0.2) is 5.58 Å². The first-order valence-electron chi connectivity index (χ1n) is 4.81. The van der Waals surface area contributed by atoms with Crippen LogP contribution in [0.5, 0.6) is 0 Å². The number of pyridine rings is 1. The van der Waals surface area contributed by atoms with Gasteiger partial charge in [-0.15, -0.1) is 0 Å². The Morgan fingerprint density at radius 3 is 2.67 bits per heavy atom. The topological polar surface area (TPSA) is 49.8 Å². The molecule has 0 saturated carbocycles. The molecule has 0 radical (unpaired) electrons. The molecule has 0 unspecified atom stereocenters. The molecule has 0 bridgehead atoms. The summed E-state index contributed by atoms with van der Waals surface area (Å²) in [7, 11) is -1.43. The van der Waals surface area contributed by atoms with Crippen molar-refractivity contribution in [1.82, 2.24) is 4.98 Å². The van der Waals surface area contributed by atoms with Gasteiger partial charge in [-0.05, 0) is 0 Å². The molecule has 15 heavy (non-hydrogen) atoms. The molecular weight excluding hydrogens is 204 g/mol. The Kier molecular flexibility index (Phi) is 2.13. The van der Waals surface area contributed by atoms with Crippen LogP contribution in [0, 0.1) is 11.3 Å². The molecule has 2 rings (SSSR count). The molecular formula is C11H12N2OSi. The van der Waals surface area contributed by atoms with E-state index in [4.69, 9.17) is 9.68 Å². The van der Waals surface area contributed by atoms with Crippen molar-refractivity contribution in [2.75, 3.05) is 0 Å².